The van der Waals surface area contributed by atoms with Gasteiger partial charge in [0.2, 0.25) is 5.76 Å². The minimum absolute atomic E-state index is 0.00515. The molecule has 0 unspecified atom stereocenters. The van der Waals surface area contributed by atoms with E-state index in [0.29, 0.717) is 11.1 Å². The molecule has 1 aromatic carbocycles. The van der Waals surface area contributed by atoms with Crippen molar-refractivity contribution in [2.45, 2.75) is 6.54 Å². The normalized spacial score (nSPS) is 11.8. The van der Waals surface area contributed by atoms with E-state index in [1.54, 1.807) is 24.3 Å². The minimum atomic E-state index is -3.04. The largest absolute Gasteiger partial charge is 0.475 e. The van der Waals surface area contributed by atoms with Crippen LogP contribution < -0.4 is 5.32 Å². The van der Waals surface area contributed by atoms with Gasteiger partial charge >= 0.3 is 5.97 Å². The Balaban J connectivity index is 2.19. The van der Waals surface area contributed by atoms with E-state index in [-0.39, 0.29) is 24.6 Å². The third-order valence-corrected chi connectivity index (χ3v) is 3.79. The SMILES string of the molecule is CS(=O)(=O)CCNCc1c(C(=O)O)oc2ccccc12. The number of benzene rings is 1. The smallest absolute Gasteiger partial charge is 0.372 e. The summed E-state index contributed by atoms with van der Waals surface area (Å²) in [4.78, 5) is 11.2. The van der Waals surface area contributed by atoms with E-state index in [1.807, 2.05) is 0 Å². The Bertz CT molecular complexity index is 732. The Hall–Kier alpha value is -1.86. The monoisotopic (exact) mass is 297 g/mol. The molecule has 2 rings (SSSR count). The molecule has 0 atom stereocenters. The van der Waals surface area contributed by atoms with E-state index in [9.17, 15) is 13.2 Å². The molecule has 0 saturated carbocycles. The summed E-state index contributed by atoms with van der Waals surface area (Å²) in [5, 5.41) is 12.8. The molecule has 2 aromatic rings. The highest BCUT2D eigenvalue weighted by Crippen LogP contribution is 2.25. The minimum Gasteiger partial charge on any atom is -0.475 e. The summed E-state index contributed by atoms with van der Waals surface area (Å²) in [6, 6.07) is 7.03. The fourth-order valence-electron chi connectivity index (χ4n) is 1.92. The van der Waals surface area contributed by atoms with Crippen molar-refractivity contribution in [3.05, 3.63) is 35.6 Å². The third kappa shape index (κ3) is 3.37. The Kier molecular flexibility index (Phi) is 4.10. The van der Waals surface area contributed by atoms with Crippen LogP contribution in [-0.2, 0) is 16.4 Å². The number of carbonyl (C=O) groups is 1. The standard InChI is InChI=1S/C13H15NO5S/c1-20(17,18)7-6-14-8-10-9-4-2-3-5-11(9)19-12(10)13(15)16/h2-5,14H,6-8H2,1H3,(H,15,16). The van der Waals surface area contributed by atoms with Crippen LogP contribution in [-0.4, -0.2) is 38.0 Å². The molecule has 2 N–H and O–H groups in total. The van der Waals surface area contributed by atoms with E-state index < -0.39 is 15.8 Å². The zero-order chi connectivity index (χ0) is 14.8. The molecule has 108 valence electrons. The van der Waals surface area contributed by atoms with E-state index in [1.165, 1.54) is 0 Å². The molecule has 0 bridgehead atoms. The molecule has 0 spiro atoms. The van der Waals surface area contributed by atoms with Crippen molar-refractivity contribution in [2.24, 2.45) is 0 Å². The van der Waals surface area contributed by atoms with Gasteiger partial charge in [-0.3, -0.25) is 0 Å². The number of sulfone groups is 1. The summed E-state index contributed by atoms with van der Waals surface area (Å²) >= 11 is 0. The fraction of sp³-hybridized carbons (Fsp3) is 0.308. The maximum Gasteiger partial charge on any atom is 0.372 e. The lowest BCUT2D eigenvalue weighted by atomic mass is 10.1. The summed E-state index contributed by atoms with van der Waals surface area (Å²) in [5.74, 6) is -1.25. The number of carboxylic acid groups (broad SMARTS) is 1. The number of para-hydroxylation sites is 1. The first-order valence-electron chi connectivity index (χ1n) is 6.00. The van der Waals surface area contributed by atoms with Crippen molar-refractivity contribution in [1.82, 2.24) is 5.32 Å². The quantitative estimate of drug-likeness (QED) is 0.779. The predicted octanol–water partition coefficient (Wildman–Crippen LogP) is 1.27. The van der Waals surface area contributed by atoms with E-state index >= 15 is 0 Å². The summed E-state index contributed by atoms with van der Waals surface area (Å²) in [6.07, 6.45) is 1.16. The average molecular weight is 297 g/mol. The number of furan rings is 1. The van der Waals surface area contributed by atoms with Crippen LogP contribution in [0, 0.1) is 0 Å². The van der Waals surface area contributed by atoms with Gasteiger partial charge in [-0.2, -0.15) is 0 Å². The topological polar surface area (TPSA) is 96.6 Å². The second kappa shape index (κ2) is 5.64. The summed E-state index contributed by atoms with van der Waals surface area (Å²) in [5.41, 5.74) is 1.03. The summed E-state index contributed by atoms with van der Waals surface area (Å²) < 4.78 is 27.4. The molecule has 0 amide bonds. The molecule has 0 aliphatic carbocycles. The van der Waals surface area contributed by atoms with Crippen molar-refractivity contribution in [3.63, 3.8) is 0 Å². The third-order valence-electron chi connectivity index (χ3n) is 2.84. The zero-order valence-electron chi connectivity index (χ0n) is 10.9. The molecule has 0 saturated heterocycles. The van der Waals surface area contributed by atoms with E-state index in [2.05, 4.69) is 5.32 Å². The molecule has 1 aromatic heterocycles. The Morgan fingerprint density at radius 1 is 1.35 bits per heavy atom. The van der Waals surface area contributed by atoms with Crippen LogP contribution in [0.1, 0.15) is 16.1 Å². The van der Waals surface area contributed by atoms with Crippen LogP contribution in [0.15, 0.2) is 28.7 Å². The molecule has 20 heavy (non-hydrogen) atoms. The van der Waals surface area contributed by atoms with Crippen molar-refractivity contribution in [2.75, 3.05) is 18.6 Å². The van der Waals surface area contributed by atoms with Crippen molar-refractivity contribution in [1.29, 1.82) is 0 Å². The Labute approximate surface area is 116 Å². The molecule has 6 nitrogen and oxygen atoms in total. The van der Waals surface area contributed by atoms with Gasteiger partial charge in [-0.15, -0.1) is 0 Å². The Morgan fingerprint density at radius 2 is 2.05 bits per heavy atom. The van der Waals surface area contributed by atoms with Gasteiger partial charge in [-0.05, 0) is 6.07 Å². The second-order valence-corrected chi connectivity index (χ2v) is 6.78. The predicted molar refractivity (Wildman–Crippen MR) is 74.6 cm³/mol. The number of fused-ring (bicyclic) bond motifs is 1. The Morgan fingerprint density at radius 3 is 2.70 bits per heavy atom. The van der Waals surface area contributed by atoms with Gasteiger partial charge in [-0.1, -0.05) is 18.2 Å². The first-order chi connectivity index (χ1) is 9.38. The maximum absolute atomic E-state index is 11.2. The highest BCUT2D eigenvalue weighted by molar-refractivity contribution is 7.90. The van der Waals surface area contributed by atoms with Gasteiger partial charge in [0.25, 0.3) is 0 Å². The van der Waals surface area contributed by atoms with Crippen LogP contribution >= 0.6 is 0 Å². The first-order valence-corrected chi connectivity index (χ1v) is 8.06. The van der Waals surface area contributed by atoms with Crippen LogP contribution in [0.2, 0.25) is 0 Å². The molecule has 0 aliphatic rings. The summed E-state index contributed by atoms with van der Waals surface area (Å²) in [6.45, 7) is 0.506. The maximum atomic E-state index is 11.2. The van der Waals surface area contributed by atoms with Gasteiger partial charge < -0.3 is 14.8 Å². The number of nitrogens with one attached hydrogen (secondary N) is 1. The highest BCUT2D eigenvalue weighted by atomic mass is 32.2. The lowest BCUT2D eigenvalue weighted by Crippen LogP contribution is -2.22. The van der Waals surface area contributed by atoms with Crippen molar-refractivity contribution < 1.29 is 22.7 Å². The van der Waals surface area contributed by atoms with E-state index in [0.717, 1.165) is 11.6 Å². The van der Waals surface area contributed by atoms with Crippen LogP contribution in [0.3, 0.4) is 0 Å². The number of aromatic carboxylic acids is 1. The van der Waals surface area contributed by atoms with Crippen molar-refractivity contribution >= 4 is 26.8 Å². The van der Waals surface area contributed by atoms with Gasteiger partial charge in [0.1, 0.15) is 15.4 Å². The lowest BCUT2D eigenvalue weighted by Gasteiger charge is -2.03. The molecular formula is C13H15NO5S. The molecule has 7 heteroatoms. The second-order valence-electron chi connectivity index (χ2n) is 4.52. The number of hydrogen-bond acceptors (Lipinski definition) is 5. The number of carboxylic acids is 1. The van der Waals surface area contributed by atoms with Crippen molar-refractivity contribution in [3.8, 4) is 0 Å². The first kappa shape index (κ1) is 14.5. The van der Waals surface area contributed by atoms with Gasteiger partial charge in [0, 0.05) is 30.3 Å². The number of hydrogen-bond donors (Lipinski definition) is 2. The molecule has 0 aliphatic heterocycles. The van der Waals surface area contributed by atoms with Crippen LogP contribution in [0.25, 0.3) is 11.0 Å². The molecule has 0 fully saturated rings. The van der Waals surface area contributed by atoms with Crippen LogP contribution in [0.4, 0.5) is 0 Å². The number of rotatable bonds is 6. The van der Waals surface area contributed by atoms with Gasteiger partial charge in [-0.25, -0.2) is 13.2 Å². The zero-order valence-corrected chi connectivity index (χ0v) is 11.7. The average Bonchev–Trinajstić information content (AvgIpc) is 2.72. The van der Waals surface area contributed by atoms with Gasteiger partial charge in [0.15, 0.2) is 0 Å². The van der Waals surface area contributed by atoms with Gasteiger partial charge in [0.05, 0.1) is 5.75 Å². The fourth-order valence-corrected chi connectivity index (χ4v) is 2.43. The van der Waals surface area contributed by atoms with E-state index in [4.69, 9.17) is 9.52 Å². The lowest BCUT2D eigenvalue weighted by molar-refractivity contribution is 0.0663. The molecular weight excluding hydrogens is 282 g/mol. The summed E-state index contributed by atoms with van der Waals surface area (Å²) in [7, 11) is -3.04. The molecule has 0 radical (unpaired) electrons. The van der Waals surface area contributed by atoms with Crippen LogP contribution in [0.5, 0.6) is 0 Å². The highest BCUT2D eigenvalue weighted by Gasteiger charge is 2.19. The molecule has 1 heterocycles.